The Morgan fingerprint density at radius 1 is 1.29 bits per heavy atom. The first-order chi connectivity index (χ1) is 8.33. The van der Waals surface area contributed by atoms with E-state index in [0.717, 1.165) is 18.7 Å². The van der Waals surface area contributed by atoms with E-state index in [-0.39, 0.29) is 6.61 Å². The van der Waals surface area contributed by atoms with Crippen LogP contribution in [0.1, 0.15) is 24.0 Å². The van der Waals surface area contributed by atoms with Crippen molar-refractivity contribution in [3.8, 4) is 0 Å². The number of rotatable bonds is 5. The zero-order chi connectivity index (χ0) is 12.1. The van der Waals surface area contributed by atoms with Gasteiger partial charge in [0.15, 0.2) is 0 Å². The van der Waals surface area contributed by atoms with Crippen LogP contribution in [0.5, 0.6) is 0 Å². The lowest BCUT2D eigenvalue weighted by Crippen LogP contribution is -2.36. The summed E-state index contributed by atoms with van der Waals surface area (Å²) in [4.78, 5) is 2.55. The Morgan fingerprint density at radius 2 is 2.00 bits per heavy atom. The van der Waals surface area contributed by atoms with Gasteiger partial charge in [-0.15, -0.1) is 0 Å². The molecule has 1 saturated heterocycles. The highest BCUT2D eigenvalue weighted by atomic mass is 16.3. The van der Waals surface area contributed by atoms with Crippen LogP contribution in [0.15, 0.2) is 24.3 Å². The third-order valence-electron chi connectivity index (χ3n) is 3.53. The molecule has 0 aromatic heterocycles. The summed E-state index contributed by atoms with van der Waals surface area (Å²) in [6.07, 6.45) is 2.61. The van der Waals surface area contributed by atoms with Crippen LogP contribution in [0.3, 0.4) is 0 Å². The Kier molecular flexibility index (Phi) is 4.54. The lowest BCUT2D eigenvalue weighted by Gasteiger charge is -2.24. The van der Waals surface area contributed by atoms with E-state index in [1.165, 1.54) is 24.9 Å². The van der Waals surface area contributed by atoms with E-state index in [9.17, 15) is 0 Å². The highest BCUT2D eigenvalue weighted by molar-refractivity contribution is 5.22. The van der Waals surface area contributed by atoms with Crippen molar-refractivity contribution in [2.45, 2.75) is 32.0 Å². The molecule has 2 rings (SSSR count). The maximum atomic E-state index is 9.01. The molecule has 0 saturated carbocycles. The number of hydrogen-bond donors (Lipinski definition) is 2. The third-order valence-corrected chi connectivity index (χ3v) is 3.53. The molecule has 0 bridgehead atoms. The van der Waals surface area contributed by atoms with Gasteiger partial charge in [-0.25, -0.2) is 0 Å². The summed E-state index contributed by atoms with van der Waals surface area (Å²) in [5, 5.41) is 12.3. The molecule has 1 aliphatic heterocycles. The SMILES string of the molecule is CNCC1CCCN1Cc1ccc(CO)cc1. The predicted octanol–water partition coefficient (Wildman–Crippen LogP) is 1.36. The fraction of sp³-hybridized carbons (Fsp3) is 0.571. The van der Waals surface area contributed by atoms with E-state index in [1.807, 2.05) is 19.2 Å². The lowest BCUT2D eigenvalue weighted by molar-refractivity contribution is 0.242. The summed E-state index contributed by atoms with van der Waals surface area (Å²) < 4.78 is 0. The first-order valence-electron chi connectivity index (χ1n) is 6.41. The molecule has 17 heavy (non-hydrogen) atoms. The molecule has 0 radical (unpaired) electrons. The Hall–Kier alpha value is -0.900. The van der Waals surface area contributed by atoms with Crippen LogP contribution < -0.4 is 5.32 Å². The Balaban J connectivity index is 1.94. The van der Waals surface area contributed by atoms with Gasteiger partial charge in [0.2, 0.25) is 0 Å². The number of nitrogens with zero attached hydrogens (tertiary/aromatic N) is 1. The van der Waals surface area contributed by atoms with Gasteiger partial charge < -0.3 is 10.4 Å². The fourth-order valence-corrected chi connectivity index (χ4v) is 2.55. The predicted molar refractivity (Wildman–Crippen MR) is 69.7 cm³/mol. The van der Waals surface area contributed by atoms with Crippen LogP contribution in [0.2, 0.25) is 0 Å². The van der Waals surface area contributed by atoms with Gasteiger partial charge in [-0.2, -0.15) is 0 Å². The van der Waals surface area contributed by atoms with Crippen LogP contribution in [-0.2, 0) is 13.2 Å². The quantitative estimate of drug-likeness (QED) is 0.807. The summed E-state index contributed by atoms with van der Waals surface area (Å²) in [5.41, 5.74) is 2.33. The first kappa shape index (κ1) is 12.6. The molecule has 1 unspecified atom stereocenters. The summed E-state index contributed by atoms with van der Waals surface area (Å²) in [7, 11) is 2.02. The van der Waals surface area contributed by atoms with E-state index in [2.05, 4.69) is 22.3 Å². The number of hydrogen-bond acceptors (Lipinski definition) is 3. The molecule has 94 valence electrons. The lowest BCUT2D eigenvalue weighted by atomic mass is 10.1. The Bertz CT molecular complexity index is 337. The molecule has 1 aliphatic rings. The number of benzene rings is 1. The molecule has 0 amide bonds. The van der Waals surface area contributed by atoms with Crippen molar-refractivity contribution < 1.29 is 5.11 Å². The van der Waals surface area contributed by atoms with Gasteiger partial charge in [0, 0.05) is 19.1 Å². The molecule has 1 atom stereocenters. The number of aliphatic hydroxyl groups excluding tert-OH is 1. The van der Waals surface area contributed by atoms with Gasteiger partial charge >= 0.3 is 0 Å². The summed E-state index contributed by atoms with van der Waals surface area (Å²) in [6, 6.07) is 8.95. The van der Waals surface area contributed by atoms with Crippen LogP contribution in [0.4, 0.5) is 0 Å². The van der Waals surface area contributed by atoms with Crippen LogP contribution >= 0.6 is 0 Å². The second-order valence-electron chi connectivity index (χ2n) is 4.80. The van der Waals surface area contributed by atoms with Crippen LogP contribution in [-0.4, -0.2) is 36.2 Å². The maximum Gasteiger partial charge on any atom is 0.0681 e. The summed E-state index contributed by atoms with van der Waals surface area (Å²) in [5.74, 6) is 0. The van der Waals surface area contributed by atoms with Crippen LogP contribution in [0, 0.1) is 0 Å². The van der Waals surface area contributed by atoms with Crippen molar-refractivity contribution >= 4 is 0 Å². The molecule has 3 heteroatoms. The standard InChI is InChI=1S/C14H22N2O/c1-15-9-14-3-2-8-16(14)10-12-4-6-13(11-17)7-5-12/h4-7,14-15,17H,2-3,8-11H2,1H3. The normalized spacial score (nSPS) is 20.9. The van der Waals surface area contributed by atoms with E-state index in [1.54, 1.807) is 0 Å². The minimum atomic E-state index is 0.131. The van der Waals surface area contributed by atoms with Crippen molar-refractivity contribution in [3.05, 3.63) is 35.4 Å². The van der Waals surface area contributed by atoms with Crippen molar-refractivity contribution in [1.82, 2.24) is 10.2 Å². The van der Waals surface area contributed by atoms with Crippen molar-refractivity contribution in [3.63, 3.8) is 0 Å². The van der Waals surface area contributed by atoms with Gasteiger partial charge in [0.1, 0.15) is 0 Å². The molecular formula is C14H22N2O. The molecule has 1 heterocycles. The first-order valence-corrected chi connectivity index (χ1v) is 6.41. The van der Waals surface area contributed by atoms with Crippen molar-refractivity contribution in [2.75, 3.05) is 20.1 Å². The number of aliphatic hydroxyl groups is 1. The second kappa shape index (κ2) is 6.15. The molecule has 1 aromatic rings. The van der Waals surface area contributed by atoms with Gasteiger partial charge in [-0.1, -0.05) is 24.3 Å². The van der Waals surface area contributed by atoms with Gasteiger partial charge in [0.05, 0.1) is 6.61 Å². The van der Waals surface area contributed by atoms with Crippen molar-refractivity contribution in [1.29, 1.82) is 0 Å². The van der Waals surface area contributed by atoms with Gasteiger partial charge in [0.25, 0.3) is 0 Å². The maximum absolute atomic E-state index is 9.01. The Labute approximate surface area is 103 Å². The third kappa shape index (κ3) is 3.28. The number of nitrogens with one attached hydrogen (secondary N) is 1. The summed E-state index contributed by atoms with van der Waals surface area (Å²) >= 11 is 0. The molecule has 3 nitrogen and oxygen atoms in total. The number of likely N-dealkylation sites (N-methyl/N-ethyl adjacent to an activating group) is 1. The zero-order valence-corrected chi connectivity index (χ0v) is 10.5. The smallest absolute Gasteiger partial charge is 0.0681 e. The minimum Gasteiger partial charge on any atom is -0.392 e. The van der Waals surface area contributed by atoms with Gasteiger partial charge in [-0.3, -0.25) is 4.90 Å². The minimum absolute atomic E-state index is 0.131. The molecular weight excluding hydrogens is 212 g/mol. The topological polar surface area (TPSA) is 35.5 Å². The second-order valence-corrected chi connectivity index (χ2v) is 4.80. The van der Waals surface area contributed by atoms with Gasteiger partial charge in [-0.05, 0) is 37.6 Å². The highest BCUT2D eigenvalue weighted by Gasteiger charge is 2.23. The average molecular weight is 234 g/mol. The molecule has 0 aliphatic carbocycles. The monoisotopic (exact) mass is 234 g/mol. The zero-order valence-electron chi connectivity index (χ0n) is 10.5. The summed E-state index contributed by atoms with van der Waals surface area (Å²) in [6.45, 7) is 3.44. The van der Waals surface area contributed by atoms with Crippen molar-refractivity contribution in [2.24, 2.45) is 0 Å². The highest BCUT2D eigenvalue weighted by Crippen LogP contribution is 2.19. The van der Waals surface area contributed by atoms with Crippen LogP contribution in [0.25, 0.3) is 0 Å². The van der Waals surface area contributed by atoms with E-state index in [4.69, 9.17) is 5.11 Å². The Morgan fingerprint density at radius 3 is 2.65 bits per heavy atom. The molecule has 1 aromatic carbocycles. The number of likely N-dealkylation sites (tertiary alicyclic amines) is 1. The molecule has 2 N–H and O–H groups in total. The fourth-order valence-electron chi connectivity index (χ4n) is 2.55. The van der Waals surface area contributed by atoms with E-state index < -0.39 is 0 Å². The molecule has 1 fully saturated rings. The van der Waals surface area contributed by atoms with E-state index >= 15 is 0 Å². The largest absolute Gasteiger partial charge is 0.392 e. The average Bonchev–Trinajstić information content (AvgIpc) is 2.78. The van der Waals surface area contributed by atoms with E-state index in [0.29, 0.717) is 6.04 Å². The molecule has 0 spiro atoms.